The summed E-state index contributed by atoms with van der Waals surface area (Å²) in [5, 5.41) is 10.7. The summed E-state index contributed by atoms with van der Waals surface area (Å²) in [6.45, 7) is 5.45. The van der Waals surface area contributed by atoms with Gasteiger partial charge in [0.25, 0.3) is 11.6 Å². The average molecular weight is 323 g/mol. The number of nitro benzene ring substituents is 1. The Kier molecular flexibility index (Phi) is 3.61. The van der Waals surface area contributed by atoms with Crippen LogP contribution in [0, 0.1) is 10.1 Å². The third-order valence-corrected chi connectivity index (χ3v) is 3.66. The van der Waals surface area contributed by atoms with Crippen molar-refractivity contribution in [3.63, 3.8) is 0 Å². The number of imidazole rings is 1. The van der Waals surface area contributed by atoms with Crippen LogP contribution in [-0.4, -0.2) is 20.0 Å². The number of aromatic nitrogens is 2. The number of carbonyl (C=O) groups is 1. The van der Waals surface area contributed by atoms with Crippen molar-refractivity contribution in [3.8, 4) is 0 Å². The van der Waals surface area contributed by atoms with E-state index in [4.69, 9.17) is 0 Å². The lowest BCUT2D eigenvalue weighted by atomic mass is 10.2. The highest BCUT2D eigenvalue weighted by Crippen LogP contribution is 2.18. The van der Waals surface area contributed by atoms with Gasteiger partial charge in [0, 0.05) is 23.4 Å². The summed E-state index contributed by atoms with van der Waals surface area (Å²) in [5.74, 6) is -0.550. The molecule has 0 saturated carbocycles. The number of carbonyl (C=O) groups excluding carboxylic acids is 1. The molecule has 0 aliphatic carbocycles. The van der Waals surface area contributed by atoms with E-state index in [1.807, 2.05) is 0 Å². The summed E-state index contributed by atoms with van der Waals surface area (Å²) >= 11 is 0. The van der Waals surface area contributed by atoms with Gasteiger partial charge in [0.15, 0.2) is 0 Å². The SMILES string of the molecule is C=C(C)n1c(=O)n(C(=O)c2ccc([N+](=O)[O-])cc2)c2ccccc21. The summed E-state index contributed by atoms with van der Waals surface area (Å²) in [6.07, 6.45) is 0. The number of allylic oxidation sites excluding steroid dienone is 1. The Hall–Kier alpha value is -3.48. The van der Waals surface area contributed by atoms with Crippen LogP contribution in [-0.2, 0) is 0 Å². The smallest absolute Gasteiger partial charge is 0.268 e. The molecule has 0 N–H and O–H groups in total. The van der Waals surface area contributed by atoms with Gasteiger partial charge >= 0.3 is 5.69 Å². The van der Waals surface area contributed by atoms with Crippen LogP contribution in [0.25, 0.3) is 16.7 Å². The zero-order valence-corrected chi connectivity index (χ0v) is 12.8. The Morgan fingerprint density at radius 1 is 1.04 bits per heavy atom. The number of para-hydroxylation sites is 2. The van der Waals surface area contributed by atoms with Crippen molar-refractivity contribution < 1.29 is 9.72 Å². The number of non-ortho nitro benzene ring substituents is 1. The molecule has 120 valence electrons. The van der Waals surface area contributed by atoms with Crippen LogP contribution in [0.5, 0.6) is 0 Å². The zero-order chi connectivity index (χ0) is 17.4. The lowest BCUT2D eigenvalue weighted by Crippen LogP contribution is -2.28. The molecule has 0 spiro atoms. The summed E-state index contributed by atoms with van der Waals surface area (Å²) < 4.78 is 2.41. The molecule has 0 unspecified atom stereocenters. The number of benzene rings is 2. The maximum Gasteiger partial charge on any atom is 0.340 e. The molecule has 0 amide bonds. The molecule has 0 atom stereocenters. The molecule has 3 rings (SSSR count). The van der Waals surface area contributed by atoms with Crippen molar-refractivity contribution in [1.29, 1.82) is 0 Å². The second-order valence-corrected chi connectivity index (χ2v) is 5.29. The highest BCUT2D eigenvalue weighted by atomic mass is 16.6. The summed E-state index contributed by atoms with van der Waals surface area (Å²) in [7, 11) is 0. The van der Waals surface area contributed by atoms with Gasteiger partial charge in [0.05, 0.1) is 16.0 Å². The van der Waals surface area contributed by atoms with Crippen molar-refractivity contribution in [1.82, 2.24) is 9.13 Å². The number of hydrogen-bond donors (Lipinski definition) is 0. The minimum atomic E-state index is -0.550. The van der Waals surface area contributed by atoms with E-state index >= 15 is 0 Å². The van der Waals surface area contributed by atoms with E-state index in [-0.39, 0.29) is 11.3 Å². The van der Waals surface area contributed by atoms with Gasteiger partial charge in [-0.2, -0.15) is 0 Å². The van der Waals surface area contributed by atoms with Crippen LogP contribution in [0.4, 0.5) is 5.69 Å². The minimum Gasteiger partial charge on any atom is -0.268 e. The molecule has 1 aromatic heterocycles. The van der Waals surface area contributed by atoms with Crippen molar-refractivity contribution in [2.75, 3.05) is 0 Å². The van der Waals surface area contributed by atoms with Crippen molar-refractivity contribution in [2.45, 2.75) is 6.92 Å². The van der Waals surface area contributed by atoms with Gasteiger partial charge in [-0.3, -0.25) is 19.5 Å². The molecule has 0 aliphatic rings. The first-order valence-electron chi connectivity index (χ1n) is 7.09. The molecule has 3 aromatic rings. The van der Waals surface area contributed by atoms with Gasteiger partial charge in [-0.1, -0.05) is 18.7 Å². The van der Waals surface area contributed by atoms with Crippen LogP contribution in [0.15, 0.2) is 59.9 Å². The molecule has 7 nitrogen and oxygen atoms in total. The average Bonchev–Trinajstić information content (AvgIpc) is 2.86. The van der Waals surface area contributed by atoms with Crippen LogP contribution >= 0.6 is 0 Å². The molecule has 0 fully saturated rings. The second kappa shape index (κ2) is 5.62. The fourth-order valence-electron chi connectivity index (χ4n) is 2.57. The Labute approximate surface area is 136 Å². The summed E-state index contributed by atoms with van der Waals surface area (Å²) in [6, 6.07) is 12.0. The maximum absolute atomic E-state index is 12.7. The number of nitro groups is 1. The molecule has 7 heteroatoms. The van der Waals surface area contributed by atoms with Crippen LogP contribution in [0.1, 0.15) is 17.3 Å². The quantitative estimate of drug-likeness (QED) is 0.548. The molecule has 2 aromatic carbocycles. The molecule has 0 bridgehead atoms. The maximum atomic E-state index is 12.7. The first kappa shape index (κ1) is 15.4. The number of fused-ring (bicyclic) bond motifs is 1. The monoisotopic (exact) mass is 323 g/mol. The summed E-state index contributed by atoms with van der Waals surface area (Å²) in [4.78, 5) is 35.6. The summed E-state index contributed by atoms with van der Waals surface area (Å²) in [5.41, 5.74) is 1.06. The Bertz CT molecular complexity index is 1040. The van der Waals surface area contributed by atoms with Crippen LogP contribution in [0.3, 0.4) is 0 Å². The van der Waals surface area contributed by atoms with Gasteiger partial charge in [-0.25, -0.2) is 9.36 Å². The largest absolute Gasteiger partial charge is 0.340 e. The Morgan fingerprint density at radius 2 is 1.58 bits per heavy atom. The standard InChI is InChI=1S/C17H13N3O4/c1-11(2)18-14-5-3-4-6-15(14)19(17(18)22)16(21)12-7-9-13(10-8-12)20(23)24/h3-10H,1H2,2H3. The first-order chi connectivity index (χ1) is 11.4. The van der Waals surface area contributed by atoms with Crippen molar-refractivity contribution in [2.24, 2.45) is 0 Å². The Morgan fingerprint density at radius 3 is 2.08 bits per heavy atom. The van der Waals surface area contributed by atoms with Gasteiger partial charge in [-0.15, -0.1) is 0 Å². The molecular formula is C17H13N3O4. The van der Waals surface area contributed by atoms with E-state index in [1.54, 1.807) is 31.2 Å². The Balaban J connectivity index is 2.21. The van der Waals surface area contributed by atoms with Crippen LogP contribution < -0.4 is 5.69 Å². The predicted molar refractivity (Wildman–Crippen MR) is 90.0 cm³/mol. The highest BCUT2D eigenvalue weighted by molar-refractivity contribution is 6.01. The van der Waals surface area contributed by atoms with Gasteiger partial charge in [0.1, 0.15) is 0 Å². The van der Waals surface area contributed by atoms with E-state index in [0.717, 1.165) is 4.57 Å². The number of rotatable bonds is 3. The van der Waals surface area contributed by atoms with Gasteiger partial charge in [-0.05, 0) is 31.2 Å². The highest BCUT2D eigenvalue weighted by Gasteiger charge is 2.20. The predicted octanol–water partition coefficient (Wildman–Crippen LogP) is 2.89. The number of nitrogens with zero attached hydrogens (tertiary/aromatic N) is 3. The van der Waals surface area contributed by atoms with E-state index in [0.29, 0.717) is 16.7 Å². The molecular weight excluding hydrogens is 310 g/mol. The molecule has 24 heavy (non-hydrogen) atoms. The van der Waals surface area contributed by atoms with Gasteiger partial charge < -0.3 is 0 Å². The third kappa shape index (κ3) is 2.32. The lowest BCUT2D eigenvalue weighted by molar-refractivity contribution is -0.384. The van der Waals surface area contributed by atoms with Crippen LogP contribution in [0.2, 0.25) is 0 Å². The number of hydrogen-bond acceptors (Lipinski definition) is 4. The van der Waals surface area contributed by atoms with Crippen molar-refractivity contribution >= 4 is 28.3 Å². The van der Waals surface area contributed by atoms with Crippen molar-refractivity contribution in [3.05, 3.63) is 81.3 Å². The topological polar surface area (TPSA) is 87.1 Å². The minimum absolute atomic E-state index is 0.122. The second-order valence-electron chi connectivity index (χ2n) is 5.29. The van der Waals surface area contributed by atoms with E-state index in [1.165, 1.54) is 28.8 Å². The third-order valence-electron chi connectivity index (χ3n) is 3.66. The van der Waals surface area contributed by atoms with E-state index < -0.39 is 16.5 Å². The zero-order valence-electron chi connectivity index (χ0n) is 12.8. The molecule has 0 radical (unpaired) electrons. The van der Waals surface area contributed by atoms with E-state index in [2.05, 4.69) is 6.58 Å². The molecule has 0 saturated heterocycles. The lowest BCUT2D eigenvalue weighted by Gasteiger charge is -2.02. The van der Waals surface area contributed by atoms with Gasteiger partial charge in [0.2, 0.25) is 0 Å². The molecule has 1 heterocycles. The molecule has 0 aliphatic heterocycles. The fraction of sp³-hybridized carbons (Fsp3) is 0.0588. The fourth-order valence-corrected chi connectivity index (χ4v) is 2.57. The van der Waals surface area contributed by atoms with E-state index in [9.17, 15) is 19.7 Å². The first-order valence-corrected chi connectivity index (χ1v) is 7.09. The normalized spacial score (nSPS) is 10.7.